The van der Waals surface area contributed by atoms with Crippen LogP contribution in [0, 0.1) is 0 Å². The molecule has 3 heteroatoms. The van der Waals surface area contributed by atoms with Crippen LogP contribution in [0.5, 0.6) is 0 Å². The Bertz CT molecular complexity index is 290. The van der Waals surface area contributed by atoms with Gasteiger partial charge in [-0.15, -0.1) is 0 Å². The van der Waals surface area contributed by atoms with Gasteiger partial charge < -0.3 is 9.90 Å². The molecule has 25 heavy (non-hydrogen) atoms. The average Bonchev–Trinajstić information content (AvgIpc) is 2.56. The fraction of sp³-hybridized carbons (Fsp3) is 0.864. The van der Waals surface area contributed by atoms with Crippen molar-refractivity contribution in [3.8, 4) is 0 Å². The van der Waals surface area contributed by atoms with Crippen LogP contribution in [0.25, 0.3) is 0 Å². The Morgan fingerprint density at radius 2 is 1.00 bits per heavy atom. The zero-order chi connectivity index (χ0) is 17.7. The second-order valence-corrected chi connectivity index (χ2v) is 7.12. The van der Waals surface area contributed by atoms with E-state index in [1.54, 1.807) is 0 Å². The molecule has 0 aliphatic rings. The van der Waals surface area contributed by atoms with E-state index in [4.69, 9.17) is 0 Å². The van der Waals surface area contributed by atoms with Crippen LogP contribution < -0.4 is 34.7 Å². The molecule has 0 unspecified atom stereocenters. The van der Waals surface area contributed by atoms with E-state index in [1.807, 2.05) is 0 Å². The quantitative estimate of drug-likeness (QED) is 0.201. The number of carboxylic acid groups (broad SMARTS) is 1. The summed E-state index contributed by atoms with van der Waals surface area (Å²) in [7, 11) is 0. The molecule has 0 saturated heterocycles. The third-order valence-electron chi connectivity index (χ3n) is 4.64. The zero-order valence-electron chi connectivity index (χ0n) is 17.2. The molecule has 0 radical (unpaired) electrons. The van der Waals surface area contributed by atoms with Gasteiger partial charge in [0, 0.05) is 5.97 Å². The Morgan fingerprint density at radius 1 is 0.640 bits per heavy atom. The molecule has 0 rings (SSSR count). The van der Waals surface area contributed by atoms with Crippen LogP contribution in [0.3, 0.4) is 0 Å². The van der Waals surface area contributed by atoms with Crippen molar-refractivity contribution >= 4 is 5.97 Å². The van der Waals surface area contributed by atoms with Gasteiger partial charge in [0.2, 0.25) is 0 Å². The molecule has 0 aromatic carbocycles. The van der Waals surface area contributed by atoms with Crippen LogP contribution in [-0.4, -0.2) is 5.97 Å². The van der Waals surface area contributed by atoms with Crippen molar-refractivity contribution in [1.82, 2.24) is 0 Å². The van der Waals surface area contributed by atoms with E-state index in [2.05, 4.69) is 19.1 Å². The van der Waals surface area contributed by atoms with Crippen molar-refractivity contribution in [2.24, 2.45) is 0 Å². The number of aliphatic carboxylic acids is 1. The van der Waals surface area contributed by atoms with Crippen LogP contribution in [0.1, 0.15) is 122 Å². The van der Waals surface area contributed by atoms with Gasteiger partial charge >= 0.3 is 29.6 Å². The normalized spacial score (nSPS) is 10.9. The Morgan fingerprint density at radius 3 is 1.40 bits per heavy atom. The van der Waals surface area contributed by atoms with Gasteiger partial charge in [0.1, 0.15) is 0 Å². The molecule has 0 heterocycles. The smallest absolute Gasteiger partial charge is 0.550 e. The molecule has 0 fully saturated rings. The number of carboxylic acids is 1. The number of rotatable bonds is 19. The van der Waals surface area contributed by atoms with E-state index >= 15 is 0 Å². The van der Waals surface area contributed by atoms with E-state index in [-0.39, 0.29) is 36.0 Å². The Labute approximate surface area is 179 Å². The molecule has 142 valence electrons. The maximum absolute atomic E-state index is 10.3. The van der Waals surface area contributed by atoms with E-state index in [0.717, 1.165) is 12.8 Å². The summed E-state index contributed by atoms with van der Waals surface area (Å²) >= 11 is 0. The van der Waals surface area contributed by atoms with Crippen molar-refractivity contribution in [2.75, 3.05) is 0 Å². The number of hydrogen-bond acceptors (Lipinski definition) is 2. The monoisotopic (exact) mass is 360 g/mol. The minimum absolute atomic E-state index is 0. The van der Waals surface area contributed by atoms with Crippen molar-refractivity contribution in [1.29, 1.82) is 0 Å². The maximum atomic E-state index is 10.3. The standard InChI is InChI=1S/C22H42O2.Na/c1-2-3-4-5-6-7-8-9-10-11-12-13-14-15-16-17-18-19-20-21-22(23)24;/h9-10H,2-8,11-21H2,1H3,(H,23,24);/q;+1/p-1. The fourth-order valence-corrected chi connectivity index (χ4v) is 3.05. The Kier molecular flexibility index (Phi) is 26.6. The van der Waals surface area contributed by atoms with Crippen molar-refractivity contribution < 1.29 is 39.5 Å². The molecule has 0 saturated carbocycles. The molecule has 0 aliphatic carbocycles. The number of unbranched alkanes of at least 4 members (excludes halogenated alkanes) is 15. The van der Waals surface area contributed by atoms with Crippen molar-refractivity contribution in [2.45, 2.75) is 122 Å². The molecule has 0 amide bonds. The van der Waals surface area contributed by atoms with Crippen molar-refractivity contribution in [3.63, 3.8) is 0 Å². The minimum Gasteiger partial charge on any atom is -0.550 e. The number of hydrogen-bond donors (Lipinski definition) is 0. The first-order valence-electron chi connectivity index (χ1n) is 10.6. The fourth-order valence-electron chi connectivity index (χ4n) is 3.05. The molecule has 0 aromatic heterocycles. The van der Waals surface area contributed by atoms with Gasteiger partial charge in [0.15, 0.2) is 0 Å². The SMILES string of the molecule is CCCCCCCCC=CCCCCCCCCCCCC(=O)[O-].[Na+]. The molecular formula is C22H41NaO2. The van der Waals surface area contributed by atoms with Gasteiger partial charge in [-0.2, -0.15) is 0 Å². The summed E-state index contributed by atoms with van der Waals surface area (Å²) in [5.41, 5.74) is 0. The van der Waals surface area contributed by atoms with Crippen LogP contribution in [-0.2, 0) is 4.79 Å². The van der Waals surface area contributed by atoms with E-state index in [0.29, 0.717) is 0 Å². The summed E-state index contributed by atoms with van der Waals surface area (Å²) in [6.45, 7) is 2.27. The molecular weight excluding hydrogens is 319 g/mol. The van der Waals surface area contributed by atoms with Crippen LogP contribution in [0.15, 0.2) is 12.2 Å². The van der Waals surface area contributed by atoms with Gasteiger partial charge in [0.25, 0.3) is 0 Å². The summed E-state index contributed by atoms with van der Waals surface area (Å²) in [5, 5.41) is 10.3. The molecule has 0 bridgehead atoms. The summed E-state index contributed by atoms with van der Waals surface area (Å²) in [6.07, 6.45) is 26.8. The summed E-state index contributed by atoms with van der Waals surface area (Å²) < 4.78 is 0. The molecule has 0 atom stereocenters. The Balaban J connectivity index is 0. The molecule has 0 spiro atoms. The second kappa shape index (κ2) is 24.2. The number of carbonyl (C=O) groups excluding carboxylic acids is 1. The maximum Gasteiger partial charge on any atom is 1.00 e. The van der Waals surface area contributed by atoms with Crippen molar-refractivity contribution in [3.05, 3.63) is 12.2 Å². The average molecular weight is 361 g/mol. The molecule has 0 N–H and O–H groups in total. The van der Waals surface area contributed by atoms with E-state index in [9.17, 15) is 9.90 Å². The predicted octanol–water partition coefficient (Wildman–Crippen LogP) is 3.34. The number of allylic oxidation sites excluding steroid dienone is 2. The van der Waals surface area contributed by atoms with Gasteiger partial charge in [0.05, 0.1) is 0 Å². The van der Waals surface area contributed by atoms with Gasteiger partial charge in [-0.05, 0) is 38.5 Å². The van der Waals surface area contributed by atoms with E-state index < -0.39 is 5.97 Å². The first kappa shape index (κ1) is 27.4. The summed E-state index contributed by atoms with van der Waals surface area (Å²) in [5.74, 6) is -0.906. The summed E-state index contributed by atoms with van der Waals surface area (Å²) in [6, 6.07) is 0. The largest absolute Gasteiger partial charge is 1.00 e. The Hall–Kier alpha value is 0.210. The van der Waals surface area contributed by atoms with Crippen LogP contribution in [0.2, 0.25) is 0 Å². The molecule has 0 aliphatic heterocycles. The first-order chi connectivity index (χ1) is 11.8. The van der Waals surface area contributed by atoms with Gasteiger partial charge in [-0.25, -0.2) is 0 Å². The first-order valence-corrected chi connectivity index (χ1v) is 10.6. The molecule has 0 aromatic rings. The van der Waals surface area contributed by atoms with Gasteiger partial charge in [-0.3, -0.25) is 0 Å². The second-order valence-electron chi connectivity index (χ2n) is 7.12. The van der Waals surface area contributed by atoms with E-state index in [1.165, 1.54) is 96.3 Å². The summed E-state index contributed by atoms with van der Waals surface area (Å²) in [4.78, 5) is 10.3. The zero-order valence-corrected chi connectivity index (χ0v) is 19.2. The van der Waals surface area contributed by atoms with Crippen LogP contribution >= 0.6 is 0 Å². The predicted molar refractivity (Wildman–Crippen MR) is 103 cm³/mol. The van der Waals surface area contributed by atoms with Gasteiger partial charge in [-0.1, -0.05) is 96.1 Å². The topological polar surface area (TPSA) is 40.1 Å². The third kappa shape index (κ3) is 26.5. The molecule has 2 nitrogen and oxygen atoms in total. The van der Waals surface area contributed by atoms with Crippen LogP contribution in [0.4, 0.5) is 0 Å². The minimum atomic E-state index is -0.906. The third-order valence-corrected chi connectivity index (χ3v) is 4.64. The number of carbonyl (C=O) groups is 1.